The zero-order chi connectivity index (χ0) is 22.3. The van der Waals surface area contributed by atoms with E-state index in [4.69, 9.17) is 75.6 Å². The second-order valence-corrected chi connectivity index (χ2v) is 11.7. The number of thiol groups is 1. The van der Waals surface area contributed by atoms with E-state index >= 15 is 0 Å². The minimum absolute atomic E-state index is 0. The molecule has 0 aliphatic carbocycles. The Bertz CT molecular complexity index is 523. The molecule has 0 aromatic rings. The first-order chi connectivity index (χ1) is 13.7. The van der Waals surface area contributed by atoms with Crippen molar-refractivity contribution in [2.24, 2.45) is 4.99 Å². The Balaban J connectivity index is -0.00000131. The van der Waals surface area contributed by atoms with Gasteiger partial charge in [0.25, 0.3) is 0 Å². The molecule has 0 amide bonds. The van der Waals surface area contributed by atoms with E-state index in [-0.39, 0.29) is 61.0 Å². The van der Waals surface area contributed by atoms with Crippen molar-refractivity contribution >= 4 is 96.8 Å². The molecular weight excluding hydrogens is 524 g/mol. The third-order valence-corrected chi connectivity index (χ3v) is 8.25. The maximum Gasteiger partial charge on any atom is 1.00 e. The molecule has 0 atom stereocenters. The summed E-state index contributed by atoms with van der Waals surface area (Å²) in [6.45, 7) is 10.5. The van der Waals surface area contributed by atoms with Gasteiger partial charge in [-0.3, -0.25) is 0 Å². The molecular formula is C16H30Li3N3O3S6Si. The zero-order valence-electron chi connectivity index (χ0n) is 20.1. The van der Waals surface area contributed by atoms with Crippen LogP contribution in [0, 0.1) is 0 Å². The van der Waals surface area contributed by atoms with Crippen molar-refractivity contribution in [3.63, 3.8) is 0 Å². The predicted octanol–water partition coefficient (Wildman–Crippen LogP) is -6.46. The van der Waals surface area contributed by atoms with E-state index in [1.807, 2.05) is 30.6 Å². The van der Waals surface area contributed by atoms with Crippen molar-refractivity contribution < 1.29 is 69.9 Å². The molecule has 0 aromatic carbocycles. The van der Waals surface area contributed by atoms with Crippen molar-refractivity contribution in [1.82, 2.24) is 9.80 Å². The summed E-state index contributed by atoms with van der Waals surface area (Å²) in [5, 5.41) is 0. The molecule has 0 bridgehead atoms. The normalized spacial score (nSPS) is 10.1. The first kappa shape index (κ1) is 41.5. The van der Waals surface area contributed by atoms with E-state index in [1.54, 1.807) is 0 Å². The van der Waals surface area contributed by atoms with Crippen LogP contribution < -0.4 is 56.6 Å². The molecule has 0 saturated carbocycles. The van der Waals surface area contributed by atoms with Crippen LogP contribution in [-0.4, -0.2) is 84.2 Å². The topological polar surface area (TPSA) is 46.5 Å². The molecule has 32 heavy (non-hydrogen) atoms. The fourth-order valence-electron chi connectivity index (χ4n) is 2.59. The van der Waals surface area contributed by atoms with Gasteiger partial charge in [-0.25, -0.2) is 4.38 Å². The van der Waals surface area contributed by atoms with Crippen LogP contribution in [0.15, 0.2) is 4.99 Å². The largest absolute Gasteiger partial charge is 1.00 e. The van der Waals surface area contributed by atoms with Gasteiger partial charge in [0.15, 0.2) is 0 Å². The minimum atomic E-state index is -2.67. The van der Waals surface area contributed by atoms with E-state index in [2.05, 4.69) is 17.6 Å². The van der Waals surface area contributed by atoms with Gasteiger partial charge in [-0.2, -0.15) is 0 Å². The van der Waals surface area contributed by atoms with Crippen molar-refractivity contribution in [3.05, 3.63) is 0 Å². The summed E-state index contributed by atoms with van der Waals surface area (Å²) in [7, 11) is -2.67. The Morgan fingerprint density at radius 1 is 0.844 bits per heavy atom. The SMILES string of the molecule is CCO[Si](CCCN(CCN(CCN=C([S-])[S-])C(=S)S)C(=S)[S-])(OCC)OCC.[Li+].[Li+].[Li+]. The molecule has 0 aliphatic rings. The third-order valence-electron chi connectivity index (χ3n) is 3.78. The van der Waals surface area contributed by atoms with Crippen molar-refractivity contribution in [2.75, 3.05) is 52.5 Å². The summed E-state index contributed by atoms with van der Waals surface area (Å²) >= 11 is 29.6. The predicted molar refractivity (Wildman–Crippen MR) is 142 cm³/mol. The molecule has 0 heterocycles. The van der Waals surface area contributed by atoms with Gasteiger partial charge >= 0.3 is 65.4 Å². The van der Waals surface area contributed by atoms with E-state index in [9.17, 15) is 0 Å². The molecule has 0 aliphatic heterocycles. The van der Waals surface area contributed by atoms with Crippen LogP contribution in [0.1, 0.15) is 27.2 Å². The monoisotopic (exact) mass is 553 g/mol. The van der Waals surface area contributed by atoms with Crippen LogP contribution in [0.2, 0.25) is 6.04 Å². The average Bonchev–Trinajstić information content (AvgIpc) is 2.62. The molecule has 0 rings (SSSR count). The molecule has 0 unspecified atom stereocenters. The zero-order valence-corrected chi connectivity index (χ0v) is 26.1. The van der Waals surface area contributed by atoms with Gasteiger partial charge in [0, 0.05) is 52.0 Å². The van der Waals surface area contributed by atoms with Crippen LogP contribution in [0.25, 0.3) is 0 Å². The summed E-state index contributed by atoms with van der Waals surface area (Å²) in [5.41, 5.74) is 0. The molecule has 0 fully saturated rings. The second-order valence-electron chi connectivity index (χ2n) is 5.76. The second kappa shape index (κ2) is 25.0. The maximum atomic E-state index is 5.90. The van der Waals surface area contributed by atoms with Gasteiger partial charge in [0.05, 0.1) is 6.54 Å². The van der Waals surface area contributed by atoms with Crippen molar-refractivity contribution in [3.8, 4) is 0 Å². The Labute approximate surface area is 264 Å². The van der Waals surface area contributed by atoms with E-state index < -0.39 is 8.80 Å². The average molecular weight is 554 g/mol. The van der Waals surface area contributed by atoms with Crippen LogP contribution in [0.3, 0.4) is 0 Å². The number of aliphatic imine (C=N–C) groups is 1. The number of hydrogen-bond donors (Lipinski definition) is 1. The smallest absolute Gasteiger partial charge is 0.789 e. The maximum absolute atomic E-state index is 5.90. The minimum Gasteiger partial charge on any atom is -0.789 e. The van der Waals surface area contributed by atoms with Gasteiger partial charge < -0.3 is 78.2 Å². The van der Waals surface area contributed by atoms with E-state index in [0.717, 1.165) is 6.42 Å². The first-order valence-corrected chi connectivity index (χ1v) is 13.9. The molecule has 16 heteroatoms. The van der Waals surface area contributed by atoms with Gasteiger partial charge in [-0.1, -0.05) is 16.5 Å². The fraction of sp³-hybridized carbons (Fsp3) is 0.812. The van der Waals surface area contributed by atoms with Crippen LogP contribution in [0.4, 0.5) is 0 Å². The molecule has 0 saturated heterocycles. The van der Waals surface area contributed by atoms with Crippen molar-refractivity contribution in [2.45, 2.75) is 33.2 Å². The first-order valence-electron chi connectivity index (χ1n) is 9.45. The van der Waals surface area contributed by atoms with Gasteiger partial charge in [-0.15, -0.1) is 12.6 Å². The van der Waals surface area contributed by atoms with Crippen LogP contribution in [0.5, 0.6) is 0 Å². The molecule has 6 nitrogen and oxygen atoms in total. The summed E-state index contributed by atoms with van der Waals surface area (Å²) in [6.07, 6.45) is 0.799. The molecule has 170 valence electrons. The van der Waals surface area contributed by atoms with Gasteiger partial charge in [-0.05, 0) is 27.2 Å². The summed E-state index contributed by atoms with van der Waals surface area (Å²) < 4.78 is 18.8. The fourth-order valence-corrected chi connectivity index (χ4v) is 6.11. The molecule has 0 N–H and O–H groups in total. The molecule has 0 aromatic heterocycles. The standard InChI is InChI=1S/C16H33N3O3S6Si.3Li/c1-4-20-29(21-5-2,22-6-3)13-7-9-18(15(25)26)11-12-19(16(27)28)10-8-17-14(23)24;;;/h4-13H2,1-3H3,(H,25,26)(H,27,28)(H2,17,23,24);;;/q;3*+1/p-3. The van der Waals surface area contributed by atoms with Crippen LogP contribution in [-0.2, 0) is 51.2 Å². The number of thiocarbonyl (C=S) groups is 2. The molecule has 0 spiro atoms. The van der Waals surface area contributed by atoms with Gasteiger partial charge in [0.1, 0.15) is 4.32 Å². The van der Waals surface area contributed by atoms with Crippen LogP contribution >= 0.6 is 37.1 Å². The Morgan fingerprint density at radius 2 is 1.31 bits per heavy atom. The van der Waals surface area contributed by atoms with Crippen molar-refractivity contribution in [1.29, 1.82) is 0 Å². The summed E-state index contributed by atoms with van der Waals surface area (Å²) in [6, 6.07) is 0.709. The Hall–Kier alpha value is 2.35. The third kappa shape index (κ3) is 19.5. The quantitative estimate of drug-likeness (QED) is 0.0499. The number of nitrogens with zero attached hydrogens (tertiary/aromatic N) is 3. The van der Waals surface area contributed by atoms with E-state index in [1.165, 1.54) is 0 Å². The number of hydrogen-bond acceptors (Lipinski definition) is 9. The summed E-state index contributed by atoms with van der Waals surface area (Å²) in [4.78, 5) is 7.95. The summed E-state index contributed by atoms with van der Waals surface area (Å²) in [5.74, 6) is 0. The Kier molecular flexibility index (Phi) is 32.4. The molecule has 0 radical (unpaired) electrons. The van der Waals surface area contributed by atoms with Gasteiger partial charge in [0.2, 0.25) is 0 Å². The Morgan fingerprint density at radius 3 is 1.69 bits per heavy atom. The number of rotatable bonds is 16. The van der Waals surface area contributed by atoms with E-state index in [0.29, 0.717) is 67.2 Å².